The number of nitrogens with one attached hydrogen (secondary N) is 2. The van der Waals surface area contributed by atoms with Crippen molar-refractivity contribution in [3.05, 3.63) is 0 Å². The van der Waals surface area contributed by atoms with E-state index in [2.05, 4.69) is 17.6 Å². The molecule has 2 N–H and O–H groups in total. The van der Waals surface area contributed by atoms with E-state index in [4.69, 9.17) is 9.47 Å². The quantitative estimate of drug-likeness (QED) is 0.759. The molecule has 3 unspecified atom stereocenters. The molecule has 1 amide bonds. The van der Waals surface area contributed by atoms with Gasteiger partial charge in [0.1, 0.15) is 5.60 Å². The average molecular weight is 300 g/mol. The molecule has 0 aliphatic heterocycles. The van der Waals surface area contributed by atoms with E-state index in [1.54, 1.807) is 7.11 Å². The molecule has 124 valence electrons. The fourth-order valence-corrected chi connectivity index (χ4v) is 2.84. The Bertz CT molecular complexity index is 309. The summed E-state index contributed by atoms with van der Waals surface area (Å²) in [6.07, 6.45) is 5.01. The molecule has 0 bridgehead atoms. The summed E-state index contributed by atoms with van der Waals surface area (Å²) in [7, 11) is 1.74. The van der Waals surface area contributed by atoms with Gasteiger partial charge in [-0.05, 0) is 46.5 Å². The van der Waals surface area contributed by atoms with Crippen molar-refractivity contribution in [2.75, 3.05) is 13.7 Å². The molecule has 0 heterocycles. The summed E-state index contributed by atoms with van der Waals surface area (Å²) in [5.41, 5.74) is -0.439. The molecule has 0 radical (unpaired) electrons. The highest BCUT2D eigenvalue weighted by molar-refractivity contribution is 5.68. The third-order valence-corrected chi connectivity index (χ3v) is 3.63. The van der Waals surface area contributed by atoms with E-state index in [0.717, 1.165) is 38.7 Å². The minimum Gasteiger partial charge on any atom is -0.444 e. The van der Waals surface area contributed by atoms with E-state index in [0.29, 0.717) is 12.1 Å². The summed E-state index contributed by atoms with van der Waals surface area (Å²) in [5.74, 6) is 0. The second kappa shape index (κ2) is 8.59. The van der Waals surface area contributed by atoms with Crippen LogP contribution in [0.5, 0.6) is 0 Å². The first-order valence-corrected chi connectivity index (χ1v) is 8.08. The summed E-state index contributed by atoms with van der Waals surface area (Å²) < 4.78 is 10.6. The maximum absolute atomic E-state index is 11.8. The molecule has 0 spiro atoms. The Morgan fingerprint density at radius 1 is 1.29 bits per heavy atom. The van der Waals surface area contributed by atoms with Crippen LogP contribution in [0.2, 0.25) is 0 Å². The third kappa shape index (κ3) is 7.67. The number of alkyl carbamates (subject to hydrolysis) is 1. The van der Waals surface area contributed by atoms with Gasteiger partial charge in [0.05, 0.1) is 6.61 Å². The van der Waals surface area contributed by atoms with E-state index in [1.165, 1.54) is 0 Å². The first kappa shape index (κ1) is 18.2. The Balaban J connectivity index is 2.33. The lowest BCUT2D eigenvalue weighted by Crippen LogP contribution is -2.42. The fraction of sp³-hybridized carbons (Fsp3) is 0.938. The largest absolute Gasteiger partial charge is 0.444 e. The fourth-order valence-electron chi connectivity index (χ4n) is 2.84. The Labute approximate surface area is 129 Å². The highest BCUT2D eigenvalue weighted by Gasteiger charge is 2.28. The summed E-state index contributed by atoms with van der Waals surface area (Å²) in [4.78, 5) is 11.8. The van der Waals surface area contributed by atoms with Crippen molar-refractivity contribution in [3.8, 4) is 0 Å². The number of rotatable bonds is 7. The predicted molar refractivity (Wildman–Crippen MR) is 84.5 cm³/mol. The van der Waals surface area contributed by atoms with E-state index in [-0.39, 0.29) is 12.1 Å². The van der Waals surface area contributed by atoms with Crippen LogP contribution in [0, 0.1) is 0 Å². The molecule has 0 aromatic heterocycles. The normalized spacial score (nSPS) is 23.9. The van der Waals surface area contributed by atoms with Crippen LogP contribution in [0.15, 0.2) is 0 Å². The lowest BCUT2D eigenvalue weighted by Gasteiger charge is -2.23. The standard InChI is InChI=1S/C16H32N2O3/c1-6-7-14(11-20-5)17-12-8-9-13(10-12)18-15(19)21-16(2,3)4/h12-14,17H,6-11H2,1-5H3,(H,18,19). The molecule has 1 saturated carbocycles. The van der Waals surface area contributed by atoms with Crippen LogP contribution in [0.3, 0.4) is 0 Å². The monoisotopic (exact) mass is 300 g/mol. The first-order chi connectivity index (χ1) is 9.84. The van der Waals surface area contributed by atoms with Crippen molar-refractivity contribution >= 4 is 6.09 Å². The Morgan fingerprint density at radius 2 is 1.95 bits per heavy atom. The van der Waals surface area contributed by atoms with Crippen LogP contribution in [0.25, 0.3) is 0 Å². The second-order valence-electron chi connectivity index (χ2n) is 6.96. The van der Waals surface area contributed by atoms with Crippen LogP contribution < -0.4 is 10.6 Å². The van der Waals surface area contributed by atoms with Gasteiger partial charge in [-0.2, -0.15) is 0 Å². The van der Waals surface area contributed by atoms with E-state index >= 15 is 0 Å². The van der Waals surface area contributed by atoms with Crippen LogP contribution in [-0.4, -0.2) is 43.5 Å². The molecule has 5 nitrogen and oxygen atoms in total. The molecule has 1 rings (SSSR count). The zero-order chi connectivity index (χ0) is 15.9. The van der Waals surface area contributed by atoms with Gasteiger partial charge in [-0.3, -0.25) is 0 Å². The van der Waals surface area contributed by atoms with Gasteiger partial charge in [-0.1, -0.05) is 13.3 Å². The summed E-state index contributed by atoms with van der Waals surface area (Å²) >= 11 is 0. The molecular formula is C16H32N2O3. The van der Waals surface area contributed by atoms with Gasteiger partial charge in [0.25, 0.3) is 0 Å². The molecule has 5 heteroatoms. The maximum Gasteiger partial charge on any atom is 0.407 e. The van der Waals surface area contributed by atoms with Crippen LogP contribution in [0.4, 0.5) is 4.79 Å². The Kier molecular flexibility index (Phi) is 7.46. The number of amides is 1. The highest BCUT2D eigenvalue weighted by Crippen LogP contribution is 2.21. The van der Waals surface area contributed by atoms with Gasteiger partial charge >= 0.3 is 6.09 Å². The number of ether oxygens (including phenoxy) is 2. The first-order valence-electron chi connectivity index (χ1n) is 8.08. The minimum absolute atomic E-state index is 0.210. The van der Waals surface area contributed by atoms with Crippen molar-refractivity contribution in [1.29, 1.82) is 0 Å². The van der Waals surface area contributed by atoms with Crippen molar-refractivity contribution < 1.29 is 14.3 Å². The van der Waals surface area contributed by atoms with Crippen molar-refractivity contribution in [2.45, 2.75) is 83.5 Å². The van der Waals surface area contributed by atoms with Gasteiger partial charge in [-0.15, -0.1) is 0 Å². The zero-order valence-corrected chi connectivity index (χ0v) is 14.2. The Morgan fingerprint density at radius 3 is 2.52 bits per heavy atom. The summed E-state index contributed by atoms with van der Waals surface area (Å²) in [6, 6.07) is 1.07. The molecule has 21 heavy (non-hydrogen) atoms. The molecule has 3 atom stereocenters. The van der Waals surface area contributed by atoms with Gasteiger partial charge in [0, 0.05) is 25.2 Å². The average Bonchev–Trinajstić information content (AvgIpc) is 2.74. The number of methoxy groups -OCH3 is 1. The predicted octanol–water partition coefficient (Wildman–Crippen LogP) is 2.84. The number of hydrogen-bond donors (Lipinski definition) is 2. The van der Waals surface area contributed by atoms with Crippen molar-refractivity contribution in [3.63, 3.8) is 0 Å². The molecule has 1 aliphatic carbocycles. The maximum atomic E-state index is 11.8. The van der Waals surface area contributed by atoms with Crippen molar-refractivity contribution in [1.82, 2.24) is 10.6 Å². The van der Waals surface area contributed by atoms with E-state index in [1.807, 2.05) is 20.8 Å². The van der Waals surface area contributed by atoms with Gasteiger partial charge in [-0.25, -0.2) is 4.79 Å². The smallest absolute Gasteiger partial charge is 0.407 e. The van der Waals surface area contributed by atoms with Crippen LogP contribution in [-0.2, 0) is 9.47 Å². The van der Waals surface area contributed by atoms with Gasteiger partial charge in [0.15, 0.2) is 0 Å². The molecule has 0 saturated heterocycles. The zero-order valence-electron chi connectivity index (χ0n) is 14.2. The highest BCUT2D eigenvalue weighted by atomic mass is 16.6. The second-order valence-corrected chi connectivity index (χ2v) is 6.96. The van der Waals surface area contributed by atoms with Crippen molar-refractivity contribution in [2.24, 2.45) is 0 Å². The van der Waals surface area contributed by atoms with Gasteiger partial charge in [0.2, 0.25) is 0 Å². The molecule has 1 fully saturated rings. The molecule has 0 aromatic rings. The lowest BCUT2D eigenvalue weighted by molar-refractivity contribution is 0.0505. The number of carbonyl (C=O) groups excluding carboxylic acids is 1. The van der Waals surface area contributed by atoms with Crippen LogP contribution >= 0.6 is 0 Å². The van der Waals surface area contributed by atoms with E-state index < -0.39 is 5.60 Å². The minimum atomic E-state index is -0.439. The third-order valence-electron chi connectivity index (χ3n) is 3.63. The lowest BCUT2D eigenvalue weighted by atomic mass is 10.1. The SMILES string of the molecule is CCCC(COC)NC1CCC(NC(=O)OC(C)(C)C)C1. The van der Waals surface area contributed by atoms with Gasteiger partial charge < -0.3 is 20.1 Å². The molecule has 1 aliphatic rings. The summed E-state index contributed by atoms with van der Waals surface area (Å²) in [5, 5.41) is 6.62. The number of carbonyl (C=O) groups is 1. The molecular weight excluding hydrogens is 268 g/mol. The van der Waals surface area contributed by atoms with Crippen LogP contribution in [0.1, 0.15) is 59.8 Å². The Hall–Kier alpha value is -0.810. The number of hydrogen-bond acceptors (Lipinski definition) is 4. The topological polar surface area (TPSA) is 59.6 Å². The van der Waals surface area contributed by atoms with E-state index in [9.17, 15) is 4.79 Å². The molecule has 0 aromatic carbocycles. The summed E-state index contributed by atoms with van der Waals surface area (Å²) in [6.45, 7) is 8.57.